The van der Waals surface area contributed by atoms with Crippen LogP contribution in [-0.4, -0.2) is 35.1 Å². The molecule has 2 heterocycles. The van der Waals surface area contributed by atoms with Crippen molar-refractivity contribution in [1.82, 2.24) is 14.5 Å². The molecule has 0 aromatic carbocycles. The van der Waals surface area contributed by atoms with Gasteiger partial charge >= 0.3 is 0 Å². The van der Waals surface area contributed by atoms with Gasteiger partial charge in [-0.15, -0.1) is 0 Å². The van der Waals surface area contributed by atoms with Crippen LogP contribution in [0.15, 0.2) is 23.1 Å². The molecular formula is C15H17N3O. The summed E-state index contributed by atoms with van der Waals surface area (Å²) in [5.74, 6) is 6.24. The highest BCUT2D eigenvalue weighted by Crippen LogP contribution is 2.17. The number of hydrogen-bond donors (Lipinski definition) is 0. The van der Waals surface area contributed by atoms with E-state index in [4.69, 9.17) is 0 Å². The Labute approximate surface area is 112 Å². The van der Waals surface area contributed by atoms with Gasteiger partial charge in [-0.2, -0.15) is 0 Å². The van der Waals surface area contributed by atoms with Gasteiger partial charge in [0.15, 0.2) is 0 Å². The first-order chi connectivity index (χ1) is 9.00. The Morgan fingerprint density at radius 1 is 1.37 bits per heavy atom. The van der Waals surface area contributed by atoms with Crippen LogP contribution in [0.2, 0.25) is 0 Å². The molecule has 0 atom stereocenters. The van der Waals surface area contributed by atoms with E-state index in [1.807, 2.05) is 25.9 Å². The quantitative estimate of drug-likeness (QED) is 0.718. The van der Waals surface area contributed by atoms with Crippen molar-refractivity contribution in [3.8, 4) is 11.8 Å². The summed E-state index contributed by atoms with van der Waals surface area (Å²) in [6, 6.07) is 3.34. The second kappa shape index (κ2) is 5.25. The smallest absolute Gasteiger partial charge is 0.250 e. The van der Waals surface area contributed by atoms with Crippen LogP contribution in [0.1, 0.15) is 11.3 Å². The van der Waals surface area contributed by atoms with E-state index in [0.29, 0.717) is 6.54 Å². The summed E-state index contributed by atoms with van der Waals surface area (Å²) in [5, 5.41) is 0.932. The third kappa shape index (κ3) is 2.67. The SMILES string of the molecule is Cc1ncc2ccc(=O)n(C)c2c1C#CCN(C)C. The minimum atomic E-state index is -0.0336. The van der Waals surface area contributed by atoms with Crippen molar-refractivity contribution in [2.24, 2.45) is 7.05 Å². The second-order valence-electron chi connectivity index (χ2n) is 4.79. The molecule has 0 aliphatic heterocycles. The van der Waals surface area contributed by atoms with Gasteiger partial charge in [0.25, 0.3) is 5.56 Å². The average molecular weight is 255 g/mol. The van der Waals surface area contributed by atoms with Crippen LogP contribution in [0, 0.1) is 18.8 Å². The number of fused-ring (bicyclic) bond motifs is 1. The number of nitrogens with zero attached hydrogens (tertiary/aromatic N) is 3. The summed E-state index contributed by atoms with van der Waals surface area (Å²) in [4.78, 5) is 18.1. The molecule has 19 heavy (non-hydrogen) atoms. The van der Waals surface area contributed by atoms with Gasteiger partial charge in [-0.25, -0.2) is 0 Å². The van der Waals surface area contributed by atoms with Gasteiger partial charge < -0.3 is 4.57 Å². The Morgan fingerprint density at radius 3 is 2.79 bits per heavy atom. The number of rotatable bonds is 1. The molecule has 0 spiro atoms. The molecule has 0 saturated carbocycles. The molecule has 0 bridgehead atoms. The van der Waals surface area contributed by atoms with Crippen LogP contribution in [0.3, 0.4) is 0 Å². The fraction of sp³-hybridized carbons (Fsp3) is 0.333. The average Bonchev–Trinajstić information content (AvgIpc) is 2.36. The Bertz CT molecular complexity index is 733. The fourth-order valence-electron chi connectivity index (χ4n) is 1.91. The Morgan fingerprint density at radius 2 is 2.11 bits per heavy atom. The highest BCUT2D eigenvalue weighted by Gasteiger charge is 2.07. The molecule has 0 N–H and O–H groups in total. The van der Waals surface area contributed by atoms with E-state index in [-0.39, 0.29) is 5.56 Å². The van der Waals surface area contributed by atoms with Crippen LogP contribution in [0.5, 0.6) is 0 Å². The Hall–Kier alpha value is -2.12. The lowest BCUT2D eigenvalue weighted by Crippen LogP contribution is -2.16. The summed E-state index contributed by atoms with van der Waals surface area (Å²) in [6.07, 6.45) is 1.78. The standard InChI is InChI=1S/C15H17N3O/c1-11-13(6-5-9-17(2)3)15-12(10-16-11)7-8-14(19)18(15)4/h7-8,10H,9H2,1-4H3. The lowest BCUT2D eigenvalue weighted by atomic mass is 10.1. The molecule has 4 nitrogen and oxygen atoms in total. The zero-order valence-electron chi connectivity index (χ0n) is 11.7. The van der Waals surface area contributed by atoms with Gasteiger partial charge in [-0.05, 0) is 27.1 Å². The number of aromatic nitrogens is 2. The summed E-state index contributed by atoms with van der Waals surface area (Å²) in [5.41, 5.74) is 2.50. The van der Waals surface area contributed by atoms with Crippen LogP contribution >= 0.6 is 0 Å². The van der Waals surface area contributed by atoms with E-state index in [0.717, 1.165) is 22.2 Å². The summed E-state index contributed by atoms with van der Waals surface area (Å²) < 4.78 is 1.63. The molecule has 0 unspecified atom stereocenters. The monoisotopic (exact) mass is 255 g/mol. The van der Waals surface area contributed by atoms with Crippen LogP contribution in [-0.2, 0) is 7.05 Å². The molecule has 2 aromatic rings. The predicted octanol–water partition coefficient (Wildman–Crippen LogP) is 1.16. The van der Waals surface area contributed by atoms with Crippen LogP contribution in [0.4, 0.5) is 0 Å². The second-order valence-corrected chi connectivity index (χ2v) is 4.79. The van der Waals surface area contributed by atoms with E-state index in [1.165, 1.54) is 0 Å². The minimum Gasteiger partial charge on any atom is -0.310 e. The Balaban J connectivity index is 2.70. The van der Waals surface area contributed by atoms with Crippen molar-refractivity contribution in [1.29, 1.82) is 0 Å². The van der Waals surface area contributed by atoms with E-state index < -0.39 is 0 Å². The Kier molecular flexibility index (Phi) is 3.68. The van der Waals surface area contributed by atoms with Crippen molar-refractivity contribution < 1.29 is 0 Å². The van der Waals surface area contributed by atoms with E-state index in [1.54, 1.807) is 29.9 Å². The summed E-state index contributed by atoms with van der Waals surface area (Å²) in [6.45, 7) is 2.59. The lowest BCUT2D eigenvalue weighted by molar-refractivity contribution is 0.464. The topological polar surface area (TPSA) is 38.1 Å². The van der Waals surface area contributed by atoms with E-state index >= 15 is 0 Å². The van der Waals surface area contributed by atoms with Crippen molar-refractivity contribution in [3.05, 3.63) is 39.9 Å². The zero-order valence-corrected chi connectivity index (χ0v) is 11.7. The maximum Gasteiger partial charge on any atom is 0.250 e. The summed E-state index contributed by atoms with van der Waals surface area (Å²) >= 11 is 0. The van der Waals surface area contributed by atoms with Crippen molar-refractivity contribution >= 4 is 10.9 Å². The van der Waals surface area contributed by atoms with E-state index in [9.17, 15) is 4.79 Å². The molecule has 0 aliphatic carbocycles. The van der Waals surface area contributed by atoms with Gasteiger partial charge in [-0.3, -0.25) is 14.7 Å². The first-order valence-corrected chi connectivity index (χ1v) is 6.09. The predicted molar refractivity (Wildman–Crippen MR) is 77.2 cm³/mol. The molecule has 0 aliphatic rings. The zero-order chi connectivity index (χ0) is 14.0. The fourth-order valence-corrected chi connectivity index (χ4v) is 1.91. The lowest BCUT2D eigenvalue weighted by Gasteiger charge is -2.08. The number of hydrogen-bond acceptors (Lipinski definition) is 3. The molecule has 0 fully saturated rings. The molecule has 4 heteroatoms. The van der Waals surface area contributed by atoms with Gasteiger partial charge in [0.05, 0.1) is 23.3 Å². The van der Waals surface area contributed by atoms with Crippen LogP contribution < -0.4 is 5.56 Å². The maximum absolute atomic E-state index is 11.8. The van der Waals surface area contributed by atoms with Gasteiger partial charge in [-0.1, -0.05) is 11.8 Å². The normalized spacial score (nSPS) is 10.6. The number of pyridine rings is 2. The number of aryl methyl sites for hydroxylation is 2. The molecular weight excluding hydrogens is 238 g/mol. The highest BCUT2D eigenvalue weighted by atomic mass is 16.1. The van der Waals surface area contributed by atoms with E-state index in [2.05, 4.69) is 16.8 Å². The highest BCUT2D eigenvalue weighted by molar-refractivity contribution is 5.84. The first kappa shape index (κ1) is 13.3. The van der Waals surface area contributed by atoms with Gasteiger partial charge in [0.1, 0.15) is 0 Å². The molecule has 0 radical (unpaired) electrons. The van der Waals surface area contributed by atoms with Gasteiger partial charge in [0, 0.05) is 24.7 Å². The molecule has 98 valence electrons. The third-order valence-corrected chi connectivity index (χ3v) is 2.95. The van der Waals surface area contributed by atoms with Crippen molar-refractivity contribution in [3.63, 3.8) is 0 Å². The van der Waals surface area contributed by atoms with Crippen molar-refractivity contribution in [2.45, 2.75) is 6.92 Å². The largest absolute Gasteiger partial charge is 0.310 e. The van der Waals surface area contributed by atoms with Gasteiger partial charge in [0.2, 0.25) is 0 Å². The first-order valence-electron chi connectivity index (χ1n) is 6.09. The third-order valence-electron chi connectivity index (χ3n) is 2.95. The molecule has 0 saturated heterocycles. The van der Waals surface area contributed by atoms with Crippen molar-refractivity contribution in [2.75, 3.05) is 20.6 Å². The molecule has 2 rings (SSSR count). The molecule has 0 amide bonds. The minimum absolute atomic E-state index is 0.0336. The molecule has 2 aromatic heterocycles. The van der Waals surface area contributed by atoms with Crippen LogP contribution in [0.25, 0.3) is 10.9 Å². The maximum atomic E-state index is 11.8. The summed E-state index contributed by atoms with van der Waals surface area (Å²) in [7, 11) is 5.71.